The Bertz CT molecular complexity index is 874. The molecule has 1 aromatic carbocycles. The molecule has 2 heterocycles. The summed E-state index contributed by atoms with van der Waals surface area (Å²) in [7, 11) is 0. The third-order valence-electron chi connectivity index (χ3n) is 3.78. The lowest BCUT2D eigenvalue weighted by molar-refractivity contribution is -0.134. The molecule has 0 aliphatic rings. The van der Waals surface area contributed by atoms with Gasteiger partial charge in [-0.2, -0.15) is 0 Å². The molecule has 1 N–H and O–H groups in total. The van der Waals surface area contributed by atoms with Crippen LogP contribution in [-0.2, 0) is 11.3 Å². The number of hydrogen-bond donors (Lipinski definition) is 1. The van der Waals surface area contributed by atoms with E-state index in [-0.39, 0.29) is 5.91 Å². The van der Waals surface area contributed by atoms with Crippen molar-refractivity contribution >= 4 is 17.5 Å². The standard InChI is InChI=1S/C20H19ClN2O3/c1-20(2,26-16-7-5-15(21)6-8-16)19(24)23-13-14-9-10-22-17(12-14)18-4-3-11-25-18/h3-12H,13H2,1-2H3,(H,23,24). The molecule has 0 spiro atoms. The molecule has 1 amide bonds. The van der Waals surface area contributed by atoms with Crippen LogP contribution in [0.3, 0.4) is 0 Å². The van der Waals surface area contributed by atoms with Gasteiger partial charge >= 0.3 is 0 Å². The van der Waals surface area contributed by atoms with Crippen LogP contribution >= 0.6 is 11.6 Å². The Kier molecular flexibility index (Phi) is 5.28. The van der Waals surface area contributed by atoms with Gasteiger partial charge in [-0.15, -0.1) is 0 Å². The Morgan fingerprint density at radius 1 is 1.23 bits per heavy atom. The molecule has 0 aliphatic carbocycles. The Morgan fingerprint density at radius 2 is 2.00 bits per heavy atom. The van der Waals surface area contributed by atoms with E-state index in [2.05, 4.69) is 10.3 Å². The number of carbonyl (C=O) groups excluding carboxylic acids is 1. The molecule has 5 nitrogen and oxygen atoms in total. The quantitative estimate of drug-likeness (QED) is 0.695. The average Bonchev–Trinajstić information content (AvgIpc) is 3.16. The summed E-state index contributed by atoms with van der Waals surface area (Å²) in [6.45, 7) is 3.80. The smallest absolute Gasteiger partial charge is 0.263 e. The Labute approximate surface area is 157 Å². The van der Waals surface area contributed by atoms with Gasteiger partial charge in [0.2, 0.25) is 0 Å². The summed E-state index contributed by atoms with van der Waals surface area (Å²) >= 11 is 5.87. The lowest BCUT2D eigenvalue weighted by atomic mass is 10.1. The third-order valence-corrected chi connectivity index (χ3v) is 4.04. The fourth-order valence-electron chi connectivity index (χ4n) is 2.38. The molecule has 0 saturated carbocycles. The van der Waals surface area contributed by atoms with Gasteiger partial charge in [-0.3, -0.25) is 9.78 Å². The third kappa shape index (κ3) is 4.43. The van der Waals surface area contributed by atoms with Gasteiger partial charge in [0.25, 0.3) is 5.91 Å². The highest BCUT2D eigenvalue weighted by atomic mass is 35.5. The van der Waals surface area contributed by atoms with Crippen LogP contribution in [0.25, 0.3) is 11.5 Å². The van der Waals surface area contributed by atoms with Gasteiger partial charge in [0.15, 0.2) is 11.4 Å². The van der Waals surface area contributed by atoms with E-state index in [1.54, 1.807) is 50.6 Å². The van der Waals surface area contributed by atoms with E-state index in [0.717, 1.165) is 11.3 Å². The molecule has 0 unspecified atom stereocenters. The summed E-state index contributed by atoms with van der Waals surface area (Å²) in [6.07, 6.45) is 3.29. The number of carbonyl (C=O) groups is 1. The maximum atomic E-state index is 12.5. The number of halogens is 1. The molecule has 2 aromatic heterocycles. The van der Waals surface area contributed by atoms with Crippen LogP contribution in [0.2, 0.25) is 5.02 Å². The zero-order valence-electron chi connectivity index (χ0n) is 14.5. The van der Waals surface area contributed by atoms with E-state index < -0.39 is 5.60 Å². The minimum Gasteiger partial charge on any atom is -0.478 e. The average molecular weight is 371 g/mol. The van der Waals surface area contributed by atoms with Crippen molar-refractivity contribution in [3.05, 3.63) is 71.6 Å². The van der Waals surface area contributed by atoms with Crippen molar-refractivity contribution < 1.29 is 13.9 Å². The number of hydrogen-bond acceptors (Lipinski definition) is 4. The Balaban J connectivity index is 1.62. The second-order valence-electron chi connectivity index (χ2n) is 6.28. The fraction of sp³-hybridized carbons (Fsp3) is 0.200. The number of rotatable bonds is 6. The van der Waals surface area contributed by atoms with Crippen molar-refractivity contribution in [3.63, 3.8) is 0 Å². The summed E-state index contributed by atoms with van der Waals surface area (Å²) in [5, 5.41) is 3.51. The minimum atomic E-state index is -1.02. The molecule has 0 radical (unpaired) electrons. The van der Waals surface area contributed by atoms with E-state index in [0.29, 0.717) is 23.1 Å². The number of nitrogens with one attached hydrogen (secondary N) is 1. The SMILES string of the molecule is CC(C)(Oc1ccc(Cl)cc1)C(=O)NCc1ccnc(-c2ccco2)c1. The van der Waals surface area contributed by atoms with E-state index >= 15 is 0 Å². The number of benzene rings is 1. The van der Waals surface area contributed by atoms with Gasteiger partial charge < -0.3 is 14.5 Å². The maximum absolute atomic E-state index is 12.5. The van der Waals surface area contributed by atoms with Crippen molar-refractivity contribution in [3.8, 4) is 17.2 Å². The van der Waals surface area contributed by atoms with Crippen LogP contribution in [0.15, 0.2) is 65.4 Å². The van der Waals surface area contributed by atoms with Crippen molar-refractivity contribution in [1.82, 2.24) is 10.3 Å². The number of furan rings is 1. The molecule has 0 aliphatic heterocycles. The molecule has 0 atom stereocenters. The summed E-state index contributed by atoms with van der Waals surface area (Å²) in [6, 6.07) is 14.3. The van der Waals surface area contributed by atoms with Crippen molar-refractivity contribution in [1.29, 1.82) is 0 Å². The van der Waals surface area contributed by atoms with Crippen LogP contribution in [0.4, 0.5) is 0 Å². The highest BCUT2D eigenvalue weighted by Gasteiger charge is 2.29. The summed E-state index contributed by atoms with van der Waals surface area (Å²) in [4.78, 5) is 16.8. The second kappa shape index (κ2) is 7.62. The lowest BCUT2D eigenvalue weighted by Crippen LogP contribution is -2.46. The number of amides is 1. The zero-order chi connectivity index (χ0) is 18.6. The van der Waals surface area contributed by atoms with Gasteiger partial charge in [0.1, 0.15) is 11.4 Å². The van der Waals surface area contributed by atoms with E-state index in [4.69, 9.17) is 20.8 Å². The summed E-state index contributed by atoms with van der Waals surface area (Å²) in [5.74, 6) is 1.05. The summed E-state index contributed by atoms with van der Waals surface area (Å²) < 4.78 is 11.1. The number of pyridine rings is 1. The van der Waals surface area contributed by atoms with E-state index in [1.165, 1.54) is 0 Å². The van der Waals surface area contributed by atoms with Crippen molar-refractivity contribution in [2.24, 2.45) is 0 Å². The first-order chi connectivity index (χ1) is 12.4. The Hall–Kier alpha value is -2.79. The fourth-order valence-corrected chi connectivity index (χ4v) is 2.51. The molecule has 6 heteroatoms. The first kappa shape index (κ1) is 18.0. The van der Waals surface area contributed by atoms with Gasteiger partial charge in [0.05, 0.1) is 6.26 Å². The highest BCUT2D eigenvalue weighted by molar-refractivity contribution is 6.30. The number of nitrogens with zero attached hydrogens (tertiary/aromatic N) is 1. The van der Waals surface area contributed by atoms with Crippen LogP contribution in [0.5, 0.6) is 5.75 Å². The number of ether oxygens (including phenoxy) is 1. The van der Waals surface area contributed by atoms with Crippen LogP contribution < -0.4 is 10.1 Å². The number of aromatic nitrogens is 1. The van der Waals surface area contributed by atoms with Crippen molar-refractivity contribution in [2.45, 2.75) is 26.0 Å². The van der Waals surface area contributed by atoms with Gasteiger partial charge in [-0.1, -0.05) is 11.6 Å². The predicted molar refractivity (Wildman–Crippen MR) is 99.9 cm³/mol. The molecular weight excluding hydrogens is 352 g/mol. The molecule has 3 aromatic rings. The Morgan fingerprint density at radius 3 is 2.69 bits per heavy atom. The lowest BCUT2D eigenvalue weighted by Gasteiger charge is -2.25. The first-order valence-electron chi connectivity index (χ1n) is 8.16. The highest BCUT2D eigenvalue weighted by Crippen LogP contribution is 2.21. The van der Waals surface area contributed by atoms with E-state index in [1.807, 2.05) is 24.3 Å². The molecule has 0 saturated heterocycles. The zero-order valence-corrected chi connectivity index (χ0v) is 15.3. The van der Waals surface area contributed by atoms with Crippen molar-refractivity contribution in [2.75, 3.05) is 0 Å². The van der Waals surface area contributed by atoms with Gasteiger partial charge in [-0.05, 0) is 67.9 Å². The monoisotopic (exact) mass is 370 g/mol. The molecule has 3 rings (SSSR count). The van der Waals surface area contributed by atoms with E-state index in [9.17, 15) is 4.79 Å². The first-order valence-corrected chi connectivity index (χ1v) is 8.53. The minimum absolute atomic E-state index is 0.219. The molecule has 0 bridgehead atoms. The van der Waals surface area contributed by atoms with Crippen LogP contribution in [0.1, 0.15) is 19.4 Å². The summed E-state index contributed by atoms with van der Waals surface area (Å²) in [5.41, 5.74) is 0.616. The second-order valence-corrected chi connectivity index (χ2v) is 6.71. The van der Waals surface area contributed by atoms with Crippen LogP contribution in [0, 0.1) is 0 Å². The molecule has 0 fully saturated rings. The van der Waals surface area contributed by atoms with Crippen LogP contribution in [-0.4, -0.2) is 16.5 Å². The molecule has 134 valence electrons. The maximum Gasteiger partial charge on any atom is 0.263 e. The normalized spacial score (nSPS) is 11.2. The predicted octanol–water partition coefficient (Wildman–Crippen LogP) is 4.47. The molecule has 26 heavy (non-hydrogen) atoms. The topological polar surface area (TPSA) is 64.4 Å². The largest absolute Gasteiger partial charge is 0.478 e. The molecular formula is C20H19ClN2O3. The van der Waals surface area contributed by atoms with Gasteiger partial charge in [0, 0.05) is 17.8 Å². The van der Waals surface area contributed by atoms with Gasteiger partial charge in [-0.25, -0.2) is 0 Å².